The van der Waals surface area contributed by atoms with E-state index < -0.39 is 29.4 Å². The average Bonchev–Trinajstić information content (AvgIpc) is 2.46. The smallest absolute Gasteiger partial charge is 0.332 e. The Kier molecular flexibility index (Phi) is 4.39. The van der Waals surface area contributed by atoms with Crippen molar-refractivity contribution in [2.45, 2.75) is 13.0 Å². The van der Waals surface area contributed by atoms with Crippen LogP contribution < -0.4 is 0 Å². The Bertz CT molecular complexity index is 662. The molecule has 0 saturated heterocycles. The molecule has 5 nitrogen and oxygen atoms in total. The van der Waals surface area contributed by atoms with Gasteiger partial charge < -0.3 is 15.3 Å². The van der Waals surface area contributed by atoms with E-state index in [1.165, 1.54) is 25.2 Å². The molecule has 0 saturated carbocycles. The fourth-order valence-corrected chi connectivity index (χ4v) is 2.77. The van der Waals surface area contributed by atoms with Crippen LogP contribution >= 0.6 is 11.6 Å². The predicted molar refractivity (Wildman–Crippen MR) is 80.5 cm³/mol. The summed E-state index contributed by atoms with van der Waals surface area (Å²) in [6.07, 6.45) is 2.82. The zero-order valence-electron chi connectivity index (χ0n) is 11.7. The van der Waals surface area contributed by atoms with Crippen molar-refractivity contribution in [3.05, 3.63) is 58.7 Å². The molecule has 0 radical (unpaired) electrons. The number of aliphatic hydroxyl groups excluding tert-OH is 1. The molecule has 3 unspecified atom stereocenters. The first-order valence-corrected chi connectivity index (χ1v) is 6.95. The van der Waals surface area contributed by atoms with Gasteiger partial charge in [0.15, 0.2) is 0 Å². The summed E-state index contributed by atoms with van der Waals surface area (Å²) in [7, 11) is 0. The molecule has 1 aromatic carbocycles. The molecule has 0 spiro atoms. The van der Waals surface area contributed by atoms with Gasteiger partial charge in [-0.25, -0.2) is 4.79 Å². The standard InChI is InChI=1S/C16H15ClO5/c1-16(15(21)22)8-2-3-11(14(19)20)12(16)13(18)9-4-6-10(17)7-5-9/h2-8,12-13,18H,1H3,(H,19,20)(H,21,22). The van der Waals surface area contributed by atoms with Crippen LogP contribution in [0.25, 0.3) is 0 Å². The van der Waals surface area contributed by atoms with E-state index in [9.17, 15) is 24.9 Å². The summed E-state index contributed by atoms with van der Waals surface area (Å²) >= 11 is 5.80. The third kappa shape index (κ3) is 2.77. The van der Waals surface area contributed by atoms with E-state index in [0.29, 0.717) is 10.6 Å². The predicted octanol–water partition coefficient (Wildman–Crippen LogP) is 2.66. The number of rotatable bonds is 4. The first kappa shape index (κ1) is 16.3. The Labute approximate surface area is 132 Å². The molecule has 2 rings (SSSR count). The van der Waals surface area contributed by atoms with Crippen molar-refractivity contribution >= 4 is 23.5 Å². The second kappa shape index (κ2) is 5.94. The fourth-order valence-electron chi connectivity index (χ4n) is 2.64. The summed E-state index contributed by atoms with van der Waals surface area (Å²) in [6, 6.07) is 6.21. The van der Waals surface area contributed by atoms with Gasteiger partial charge in [0.05, 0.1) is 11.5 Å². The zero-order chi connectivity index (χ0) is 16.5. The number of halogens is 1. The van der Waals surface area contributed by atoms with Gasteiger partial charge in [-0.05, 0) is 24.6 Å². The van der Waals surface area contributed by atoms with Crippen LogP contribution in [0, 0.1) is 11.3 Å². The molecular weight excluding hydrogens is 308 g/mol. The van der Waals surface area contributed by atoms with Crippen molar-refractivity contribution in [3.8, 4) is 0 Å². The lowest BCUT2D eigenvalue weighted by atomic mass is 9.66. The number of hydrogen-bond donors (Lipinski definition) is 3. The Morgan fingerprint density at radius 1 is 1.23 bits per heavy atom. The molecule has 1 aliphatic rings. The summed E-state index contributed by atoms with van der Waals surface area (Å²) in [5.74, 6) is -3.57. The molecule has 1 aliphatic carbocycles. The maximum absolute atomic E-state index is 11.6. The van der Waals surface area contributed by atoms with Crippen LogP contribution in [0.15, 0.2) is 48.1 Å². The third-order valence-corrected chi connectivity index (χ3v) is 4.19. The normalized spacial score (nSPS) is 25.4. The van der Waals surface area contributed by atoms with Gasteiger partial charge in [-0.2, -0.15) is 0 Å². The minimum absolute atomic E-state index is 0.144. The highest BCUT2D eigenvalue weighted by molar-refractivity contribution is 6.30. The quantitative estimate of drug-likeness (QED) is 0.792. The van der Waals surface area contributed by atoms with Gasteiger partial charge in [-0.1, -0.05) is 42.0 Å². The monoisotopic (exact) mass is 322 g/mol. The lowest BCUT2D eigenvalue weighted by Crippen LogP contribution is -2.41. The number of hydrogen-bond acceptors (Lipinski definition) is 3. The van der Waals surface area contributed by atoms with Crippen LogP contribution in [0.4, 0.5) is 0 Å². The highest BCUT2D eigenvalue weighted by Crippen LogP contribution is 2.45. The van der Waals surface area contributed by atoms with E-state index in [1.54, 1.807) is 24.3 Å². The minimum atomic E-state index is -1.53. The van der Waals surface area contributed by atoms with Gasteiger partial charge in [0.2, 0.25) is 0 Å². The number of benzene rings is 1. The van der Waals surface area contributed by atoms with Gasteiger partial charge >= 0.3 is 11.9 Å². The first-order chi connectivity index (χ1) is 10.3. The van der Waals surface area contributed by atoms with Crippen LogP contribution in [-0.2, 0) is 9.59 Å². The highest BCUT2D eigenvalue weighted by atomic mass is 35.5. The fraction of sp³-hybridized carbons (Fsp3) is 0.250. The van der Waals surface area contributed by atoms with Crippen LogP contribution in [0.5, 0.6) is 0 Å². The van der Waals surface area contributed by atoms with Gasteiger partial charge in [-0.15, -0.1) is 0 Å². The maximum atomic E-state index is 11.6. The Morgan fingerprint density at radius 2 is 1.82 bits per heavy atom. The van der Waals surface area contributed by atoms with Gasteiger partial charge in [0.25, 0.3) is 0 Å². The molecule has 22 heavy (non-hydrogen) atoms. The van der Waals surface area contributed by atoms with E-state index in [1.807, 2.05) is 0 Å². The van der Waals surface area contributed by atoms with E-state index in [0.717, 1.165) is 0 Å². The highest BCUT2D eigenvalue weighted by Gasteiger charge is 2.48. The lowest BCUT2D eigenvalue weighted by Gasteiger charge is -2.37. The van der Waals surface area contributed by atoms with Crippen molar-refractivity contribution in [2.24, 2.45) is 11.3 Å². The van der Waals surface area contributed by atoms with E-state index >= 15 is 0 Å². The molecule has 6 heteroatoms. The average molecular weight is 323 g/mol. The molecule has 1 aromatic rings. The topological polar surface area (TPSA) is 94.8 Å². The summed E-state index contributed by atoms with van der Waals surface area (Å²) in [6.45, 7) is 1.39. The zero-order valence-corrected chi connectivity index (χ0v) is 12.5. The summed E-state index contributed by atoms with van der Waals surface area (Å²) in [5.41, 5.74) is -1.26. The second-order valence-electron chi connectivity index (χ2n) is 5.35. The minimum Gasteiger partial charge on any atom is -0.481 e. The number of carbonyl (C=O) groups is 2. The van der Waals surface area contributed by atoms with Crippen molar-refractivity contribution in [3.63, 3.8) is 0 Å². The van der Waals surface area contributed by atoms with E-state index in [-0.39, 0.29) is 5.57 Å². The van der Waals surface area contributed by atoms with E-state index in [4.69, 9.17) is 11.6 Å². The second-order valence-corrected chi connectivity index (χ2v) is 5.78. The summed E-state index contributed by atoms with van der Waals surface area (Å²) in [5, 5.41) is 29.9. The Morgan fingerprint density at radius 3 is 2.32 bits per heavy atom. The lowest BCUT2D eigenvalue weighted by molar-refractivity contribution is -0.150. The Hall–Kier alpha value is -2.11. The number of carboxylic acids is 2. The molecule has 0 aromatic heterocycles. The third-order valence-electron chi connectivity index (χ3n) is 3.93. The number of allylic oxidation sites excluding steroid dienone is 2. The van der Waals surface area contributed by atoms with Gasteiger partial charge in [-0.3, -0.25) is 4.79 Å². The van der Waals surface area contributed by atoms with Gasteiger partial charge in [0.1, 0.15) is 0 Å². The largest absolute Gasteiger partial charge is 0.481 e. The summed E-state index contributed by atoms with van der Waals surface area (Å²) in [4.78, 5) is 23.1. The van der Waals surface area contributed by atoms with E-state index in [2.05, 4.69) is 0 Å². The maximum Gasteiger partial charge on any atom is 0.332 e. The Balaban J connectivity index is 2.52. The molecule has 0 bridgehead atoms. The van der Waals surface area contributed by atoms with Crippen molar-refractivity contribution in [1.29, 1.82) is 0 Å². The molecule has 0 amide bonds. The van der Waals surface area contributed by atoms with Crippen molar-refractivity contribution < 1.29 is 24.9 Å². The molecular formula is C16H15ClO5. The molecule has 0 aliphatic heterocycles. The molecule has 0 heterocycles. The number of aliphatic hydroxyl groups is 1. The molecule has 0 fully saturated rings. The van der Waals surface area contributed by atoms with Crippen molar-refractivity contribution in [2.75, 3.05) is 0 Å². The first-order valence-electron chi connectivity index (χ1n) is 6.57. The number of carboxylic acid groups (broad SMARTS) is 2. The van der Waals surface area contributed by atoms with Gasteiger partial charge in [0, 0.05) is 16.5 Å². The van der Waals surface area contributed by atoms with Crippen LogP contribution in [0.1, 0.15) is 18.6 Å². The molecule has 116 valence electrons. The van der Waals surface area contributed by atoms with Crippen molar-refractivity contribution in [1.82, 2.24) is 0 Å². The molecule has 3 atom stereocenters. The SMILES string of the molecule is CC1(C(=O)O)C=CC=C(C(=O)O)C1C(O)c1ccc(Cl)cc1. The molecule has 3 N–H and O–H groups in total. The van der Waals surface area contributed by atoms with Crippen LogP contribution in [0.2, 0.25) is 5.02 Å². The summed E-state index contributed by atoms with van der Waals surface area (Å²) < 4.78 is 0. The number of aliphatic carboxylic acids is 2. The van der Waals surface area contributed by atoms with Crippen LogP contribution in [0.3, 0.4) is 0 Å². The van der Waals surface area contributed by atoms with Crippen LogP contribution in [-0.4, -0.2) is 27.3 Å².